The molecule has 4 aromatic rings. The van der Waals surface area contributed by atoms with Gasteiger partial charge in [0.15, 0.2) is 5.16 Å². The Hall–Kier alpha value is -3.10. The van der Waals surface area contributed by atoms with Gasteiger partial charge in [0.25, 0.3) is 5.91 Å². The lowest BCUT2D eigenvalue weighted by atomic mass is 10.0. The highest BCUT2D eigenvalue weighted by Gasteiger charge is 2.33. The lowest BCUT2D eigenvalue weighted by Gasteiger charge is -2.22. The van der Waals surface area contributed by atoms with E-state index in [0.29, 0.717) is 6.42 Å². The van der Waals surface area contributed by atoms with E-state index in [0.717, 1.165) is 38.1 Å². The highest BCUT2D eigenvalue weighted by molar-refractivity contribution is 7.99. The molecule has 2 aromatic heterocycles. The van der Waals surface area contributed by atoms with E-state index in [1.54, 1.807) is 23.5 Å². The van der Waals surface area contributed by atoms with Crippen LogP contribution in [-0.4, -0.2) is 39.5 Å². The zero-order valence-corrected chi connectivity index (χ0v) is 18.5. The molecule has 1 amide bonds. The Morgan fingerprint density at radius 2 is 2.03 bits per heavy atom. The molecule has 0 saturated heterocycles. The molecule has 6 nitrogen and oxygen atoms in total. The van der Waals surface area contributed by atoms with Crippen LogP contribution in [-0.2, 0) is 4.79 Å². The first-order chi connectivity index (χ1) is 15.2. The van der Waals surface area contributed by atoms with Crippen LogP contribution in [0, 0.1) is 0 Å². The molecule has 0 bridgehead atoms. The minimum absolute atomic E-state index is 0.0437. The highest BCUT2D eigenvalue weighted by Crippen LogP contribution is 2.35. The molecule has 0 radical (unpaired) electrons. The zero-order valence-electron chi connectivity index (χ0n) is 16.8. The molecule has 0 spiro atoms. The second-order valence-electron chi connectivity index (χ2n) is 7.10. The van der Waals surface area contributed by atoms with Crippen LogP contribution >= 0.6 is 23.1 Å². The third kappa shape index (κ3) is 4.08. The molecule has 0 fully saturated rings. The number of nitrogens with one attached hydrogen (secondary N) is 1. The number of H-pyrrole nitrogens is 1. The van der Waals surface area contributed by atoms with Gasteiger partial charge >= 0.3 is 0 Å². The Kier molecular flexibility index (Phi) is 5.48. The molecular formula is C23H20N4O2S2. The number of para-hydroxylation sites is 2. The number of methoxy groups -OCH3 is 1. The quantitative estimate of drug-likeness (QED) is 0.417. The zero-order chi connectivity index (χ0) is 21.2. The summed E-state index contributed by atoms with van der Waals surface area (Å²) in [6.07, 6.45) is 0.688. The predicted octanol–water partition coefficient (Wildman–Crippen LogP) is 5.10. The number of fused-ring (bicyclic) bond motifs is 1. The average Bonchev–Trinajstić information content (AvgIpc) is 3.56. The number of amides is 1. The number of aromatic amines is 1. The molecule has 2 aromatic carbocycles. The van der Waals surface area contributed by atoms with E-state index >= 15 is 0 Å². The molecule has 0 aliphatic carbocycles. The Morgan fingerprint density at radius 1 is 1.19 bits per heavy atom. The summed E-state index contributed by atoms with van der Waals surface area (Å²) < 4.78 is 5.28. The molecule has 1 atom stereocenters. The third-order valence-corrected chi connectivity index (χ3v) is 6.95. The first-order valence-electron chi connectivity index (χ1n) is 9.86. The fourth-order valence-electron chi connectivity index (χ4n) is 3.61. The number of thioether (sulfide) groups is 1. The average molecular weight is 449 g/mol. The second kappa shape index (κ2) is 8.56. The molecule has 1 aliphatic heterocycles. The van der Waals surface area contributed by atoms with Crippen molar-refractivity contribution in [2.75, 3.05) is 12.9 Å². The summed E-state index contributed by atoms with van der Waals surface area (Å²) in [5, 5.41) is 9.12. The normalized spacial score (nSPS) is 16.0. The molecule has 0 saturated carbocycles. The number of benzene rings is 2. The Labute approximate surface area is 188 Å². The van der Waals surface area contributed by atoms with Crippen LogP contribution in [0.2, 0.25) is 0 Å². The van der Waals surface area contributed by atoms with Crippen LogP contribution in [0.3, 0.4) is 0 Å². The van der Waals surface area contributed by atoms with E-state index in [2.05, 4.69) is 9.97 Å². The fourth-order valence-corrected chi connectivity index (χ4v) is 5.07. The van der Waals surface area contributed by atoms with Crippen LogP contribution in [0.25, 0.3) is 11.0 Å². The monoisotopic (exact) mass is 448 g/mol. The molecule has 31 heavy (non-hydrogen) atoms. The van der Waals surface area contributed by atoms with E-state index in [1.165, 1.54) is 11.8 Å². The molecule has 156 valence electrons. The van der Waals surface area contributed by atoms with Crippen molar-refractivity contribution in [3.05, 3.63) is 76.5 Å². The summed E-state index contributed by atoms with van der Waals surface area (Å²) in [5.41, 5.74) is 3.84. The number of hydrogen-bond acceptors (Lipinski definition) is 6. The van der Waals surface area contributed by atoms with Gasteiger partial charge < -0.3 is 9.72 Å². The van der Waals surface area contributed by atoms with Gasteiger partial charge in [0, 0.05) is 6.42 Å². The van der Waals surface area contributed by atoms with E-state index in [-0.39, 0.29) is 17.7 Å². The summed E-state index contributed by atoms with van der Waals surface area (Å²) in [4.78, 5) is 22.1. The fraction of sp³-hybridized carbons (Fsp3) is 0.174. The van der Waals surface area contributed by atoms with Crippen LogP contribution in [0.4, 0.5) is 0 Å². The maximum absolute atomic E-state index is 13.2. The topological polar surface area (TPSA) is 70.6 Å². The Bertz CT molecular complexity index is 1200. The maximum atomic E-state index is 13.2. The van der Waals surface area contributed by atoms with Gasteiger partial charge in [-0.05, 0) is 41.3 Å². The van der Waals surface area contributed by atoms with Gasteiger partial charge in [0.2, 0.25) is 0 Å². The number of hydrogen-bond donors (Lipinski definition) is 1. The largest absolute Gasteiger partial charge is 0.497 e. The first-order valence-corrected chi connectivity index (χ1v) is 11.7. The van der Waals surface area contributed by atoms with E-state index in [9.17, 15) is 4.79 Å². The number of aromatic nitrogens is 2. The maximum Gasteiger partial charge on any atom is 0.253 e. The van der Waals surface area contributed by atoms with E-state index < -0.39 is 0 Å². The summed E-state index contributed by atoms with van der Waals surface area (Å²) in [6, 6.07) is 19.6. The van der Waals surface area contributed by atoms with Crippen molar-refractivity contribution in [1.82, 2.24) is 15.0 Å². The van der Waals surface area contributed by atoms with Crippen molar-refractivity contribution >= 4 is 45.8 Å². The minimum Gasteiger partial charge on any atom is -0.497 e. The SMILES string of the molecule is COc1ccc([C@@H]2CC(c3cccs3)=NN2C(=O)CSc2nc3ccccc3[nH]2)cc1. The molecule has 8 heteroatoms. The summed E-state index contributed by atoms with van der Waals surface area (Å²) >= 11 is 3.04. The molecule has 1 N–H and O–H groups in total. The van der Waals surface area contributed by atoms with Crippen molar-refractivity contribution in [1.29, 1.82) is 0 Å². The van der Waals surface area contributed by atoms with Crippen molar-refractivity contribution in [2.24, 2.45) is 5.10 Å². The number of imidazole rings is 1. The summed E-state index contributed by atoms with van der Waals surface area (Å²) in [7, 11) is 1.65. The number of carbonyl (C=O) groups is 1. The van der Waals surface area contributed by atoms with Crippen LogP contribution in [0.5, 0.6) is 5.75 Å². The number of hydrazone groups is 1. The molecule has 3 heterocycles. The van der Waals surface area contributed by atoms with Gasteiger partial charge in [-0.25, -0.2) is 9.99 Å². The summed E-state index contributed by atoms with van der Waals surface area (Å²) in [5.74, 6) is 1.01. The highest BCUT2D eigenvalue weighted by atomic mass is 32.2. The van der Waals surface area contributed by atoms with Crippen molar-refractivity contribution < 1.29 is 9.53 Å². The lowest BCUT2D eigenvalue weighted by molar-refractivity contribution is -0.130. The number of thiophene rings is 1. The van der Waals surface area contributed by atoms with Gasteiger partial charge in [-0.2, -0.15) is 5.10 Å². The first kappa shape index (κ1) is 19.8. The van der Waals surface area contributed by atoms with Gasteiger partial charge in [0.05, 0.1) is 40.5 Å². The van der Waals surface area contributed by atoms with E-state index in [1.807, 2.05) is 66.0 Å². The minimum atomic E-state index is -0.133. The predicted molar refractivity (Wildman–Crippen MR) is 125 cm³/mol. The van der Waals surface area contributed by atoms with Crippen molar-refractivity contribution in [3.63, 3.8) is 0 Å². The van der Waals surface area contributed by atoms with Gasteiger partial charge in [0.1, 0.15) is 5.75 Å². The number of rotatable bonds is 6. The van der Waals surface area contributed by atoms with Crippen molar-refractivity contribution in [3.8, 4) is 5.75 Å². The molecular weight excluding hydrogens is 428 g/mol. The number of nitrogens with zero attached hydrogens (tertiary/aromatic N) is 3. The number of carbonyl (C=O) groups excluding carboxylic acids is 1. The van der Waals surface area contributed by atoms with Crippen LogP contribution in [0.15, 0.2) is 76.3 Å². The standard InChI is InChI=1S/C23H20N4O2S2/c1-29-16-10-8-15(9-11-16)20-13-19(21-7-4-12-30-21)26-27(20)22(28)14-31-23-24-17-5-2-3-6-18(17)25-23/h2-12,20H,13-14H2,1H3,(H,24,25)/t20-/m0/s1. The Morgan fingerprint density at radius 3 is 2.77 bits per heavy atom. The second-order valence-corrected chi connectivity index (χ2v) is 9.01. The van der Waals surface area contributed by atoms with Gasteiger partial charge in [-0.1, -0.05) is 42.1 Å². The van der Waals surface area contributed by atoms with Crippen LogP contribution < -0.4 is 4.74 Å². The van der Waals surface area contributed by atoms with Crippen LogP contribution in [0.1, 0.15) is 22.9 Å². The smallest absolute Gasteiger partial charge is 0.253 e. The van der Waals surface area contributed by atoms with Gasteiger partial charge in [-0.3, -0.25) is 4.79 Å². The number of ether oxygens (including phenoxy) is 1. The lowest BCUT2D eigenvalue weighted by Crippen LogP contribution is -2.28. The van der Waals surface area contributed by atoms with Crippen molar-refractivity contribution in [2.45, 2.75) is 17.6 Å². The molecule has 1 aliphatic rings. The third-order valence-electron chi connectivity index (χ3n) is 5.17. The Balaban J connectivity index is 1.37. The molecule has 5 rings (SSSR count). The van der Waals surface area contributed by atoms with E-state index in [4.69, 9.17) is 9.84 Å². The summed E-state index contributed by atoms with van der Waals surface area (Å²) in [6.45, 7) is 0. The molecule has 0 unspecified atom stereocenters. The van der Waals surface area contributed by atoms with Gasteiger partial charge in [-0.15, -0.1) is 11.3 Å².